The number of amides is 1. The molecule has 9 heteroatoms. The summed E-state index contributed by atoms with van der Waals surface area (Å²) in [4.78, 5) is 24.5. The Bertz CT molecular complexity index is 870. The van der Waals surface area contributed by atoms with Gasteiger partial charge in [0.1, 0.15) is 4.90 Å². The normalized spacial score (nSPS) is 22.0. The van der Waals surface area contributed by atoms with Crippen LogP contribution in [0, 0.1) is 11.8 Å². The van der Waals surface area contributed by atoms with Crippen molar-refractivity contribution in [3.8, 4) is 0 Å². The van der Waals surface area contributed by atoms with Crippen LogP contribution in [0.5, 0.6) is 0 Å². The molecule has 30 heavy (non-hydrogen) atoms. The number of nitrogens with zero attached hydrogens (tertiary/aromatic N) is 1. The van der Waals surface area contributed by atoms with E-state index < -0.39 is 22.6 Å². The van der Waals surface area contributed by atoms with Crippen molar-refractivity contribution in [3.05, 3.63) is 28.8 Å². The molecule has 7 nitrogen and oxygen atoms in total. The van der Waals surface area contributed by atoms with Crippen LogP contribution in [-0.4, -0.2) is 50.3 Å². The summed E-state index contributed by atoms with van der Waals surface area (Å²) in [6.45, 7) is 7.88. The zero-order chi connectivity index (χ0) is 22.5. The molecule has 2 rings (SSSR count). The number of carbonyl (C=O) groups excluding carboxylic acids is 2. The van der Waals surface area contributed by atoms with E-state index in [0.717, 1.165) is 19.3 Å². The number of rotatable bonds is 8. The fourth-order valence-electron chi connectivity index (χ4n) is 3.78. The van der Waals surface area contributed by atoms with Gasteiger partial charge in [0, 0.05) is 19.1 Å². The smallest absolute Gasteiger partial charge is 0.338 e. The first kappa shape index (κ1) is 24.6. The molecule has 1 aliphatic carbocycles. The molecule has 1 aromatic rings. The minimum atomic E-state index is -3.84. The van der Waals surface area contributed by atoms with E-state index in [0.29, 0.717) is 11.8 Å². The van der Waals surface area contributed by atoms with E-state index in [4.69, 9.17) is 16.3 Å². The Labute approximate surface area is 184 Å². The van der Waals surface area contributed by atoms with Gasteiger partial charge in [-0.05, 0) is 36.5 Å². The number of sulfonamides is 1. The highest BCUT2D eigenvalue weighted by atomic mass is 35.5. The van der Waals surface area contributed by atoms with Gasteiger partial charge in [-0.25, -0.2) is 13.2 Å². The van der Waals surface area contributed by atoms with E-state index in [-0.39, 0.29) is 40.5 Å². The highest BCUT2D eigenvalue weighted by Gasteiger charge is 2.29. The number of esters is 1. The van der Waals surface area contributed by atoms with Crippen molar-refractivity contribution in [2.45, 2.75) is 57.9 Å². The first-order valence-electron chi connectivity index (χ1n) is 10.4. The van der Waals surface area contributed by atoms with Crippen molar-refractivity contribution in [3.63, 3.8) is 0 Å². The molecule has 1 saturated carbocycles. The van der Waals surface area contributed by atoms with Crippen molar-refractivity contribution < 1.29 is 22.7 Å². The molecular formula is C21H31ClN2O5S. The Morgan fingerprint density at radius 1 is 1.20 bits per heavy atom. The van der Waals surface area contributed by atoms with Gasteiger partial charge in [-0.1, -0.05) is 52.1 Å². The van der Waals surface area contributed by atoms with E-state index in [9.17, 15) is 18.0 Å². The lowest BCUT2D eigenvalue weighted by Gasteiger charge is -2.34. The van der Waals surface area contributed by atoms with E-state index in [1.807, 2.05) is 0 Å². The van der Waals surface area contributed by atoms with Gasteiger partial charge in [0.15, 0.2) is 6.61 Å². The standard InChI is InChI=1S/C21H31ClN2O5S/c1-5-24(6-2)30(27,28)19-12-16(10-11-17(19)22)21(26)29-13-20(25)23-18-9-7-8-14(3)15(18)4/h10-12,14-15,18H,5-9,13H2,1-4H3,(H,23,25)/t14-,15+,18-/m1/s1. The molecule has 168 valence electrons. The highest BCUT2D eigenvalue weighted by Crippen LogP contribution is 2.29. The summed E-state index contributed by atoms with van der Waals surface area (Å²) in [5.41, 5.74) is 0.0255. The minimum Gasteiger partial charge on any atom is -0.452 e. The molecule has 0 aliphatic heterocycles. The summed E-state index contributed by atoms with van der Waals surface area (Å²) >= 11 is 6.08. The number of halogens is 1. The van der Waals surface area contributed by atoms with E-state index >= 15 is 0 Å². The molecule has 1 fully saturated rings. The SMILES string of the molecule is CCN(CC)S(=O)(=O)c1cc(C(=O)OCC(=O)N[C@@H]2CCC[C@@H](C)[C@@H]2C)ccc1Cl. The molecule has 3 atom stereocenters. The molecule has 0 radical (unpaired) electrons. The first-order valence-corrected chi connectivity index (χ1v) is 12.2. The topological polar surface area (TPSA) is 92.8 Å². The second-order valence-corrected chi connectivity index (χ2v) is 10.1. The van der Waals surface area contributed by atoms with Gasteiger partial charge in [0.05, 0.1) is 10.6 Å². The molecule has 0 heterocycles. The highest BCUT2D eigenvalue weighted by molar-refractivity contribution is 7.89. The molecule has 0 unspecified atom stereocenters. The van der Waals surface area contributed by atoms with Gasteiger partial charge in [-0.2, -0.15) is 4.31 Å². The summed E-state index contributed by atoms with van der Waals surface area (Å²) in [5, 5.41) is 2.97. The minimum absolute atomic E-state index is 0.0246. The van der Waals surface area contributed by atoms with Gasteiger partial charge in [-0.15, -0.1) is 0 Å². The number of benzene rings is 1. The number of hydrogen-bond donors (Lipinski definition) is 1. The summed E-state index contributed by atoms with van der Waals surface area (Å²) < 4.78 is 31.9. The number of hydrogen-bond acceptors (Lipinski definition) is 5. The van der Waals surface area contributed by atoms with Crippen LogP contribution >= 0.6 is 11.6 Å². The lowest BCUT2D eigenvalue weighted by Crippen LogP contribution is -2.45. The van der Waals surface area contributed by atoms with Gasteiger partial charge >= 0.3 is 5.97 Å². The van der Waals surface area contributed by atoms with Crippen molar-refractivity contribution in [1.82, 2.24) is 9.62 Å². The van der Waals surface area contributed by atoms with Crippen LogP contribution < -0.4 is 5.32 Å². The molecule has 0 aromatic heterocycles. The van der Waals surface area contributed by atoms with Crippen LogP contribution in [0.3, 0.4) is 0 Å². The second kappa shape index (κ2) is 10.6. The predicted octanol–water partition coefficient (Wildman–Crippen LogP) is 3.47. The van der Waals surface area contributed by atoms with Crippen LogP contribution in [-0.2, 0) is 19.6 Å². The Morgan fingerprint density at radius 2 is 1.87 bits per heavy atom. The third-order valence-electron chi connectivity index (χ3n) is 5.88. The van der Waals surface area contributed by atoms with Crippen molar-refractivity contribution in [2.75, 3.05) is 19.7 Å². The Hall–Kier alpha value is -1.64. The van der Waals surface area contributed by atoms with E-state index in [1.165, 1.54) is 22.5 Å². The van der Waals surface area contributed by atoms with E-state index in [2.05, 4.69) is 19.2 Å². The molecule has 1 N–H and O–H groups in total. The van der Waals surface area contributed by atoms with Gasteiger partial charge in [0.25, 0.3) is 5.91 Å². The van der Waals surface area contributed by atoms with Crippen molar-refractivity contribution >= 4 is 33.5 Å². The third-order valence-corrected chi connectivity index (χ3v) is 8.41. The quantitative estimate of drug-likeness (QED) is 0.602. The van der Waals surface area contributed by atoms with Crippen molar-refractivity contribution in [1.29, 1.82) is 0 Å². The third kappa shape index (κ3) is 5.74. The van der Waals surface area contributed by atoms with Crippen LogP contribution in [0.1, 0.15) is 57.3 Å². The van der Waals surface area contributed by atoms with Crippen LogP contribution in [0.2, 0.25) is 5.02 Å². The molecular weight excluding hydrogens is 428 g/mol. The maximum absolute atomic E-state index is 12.8. The average Bonchev–Trinajstić information content (AvgIpc) is 2.70. The molecule has 0 saturated heterocycles. The monoisotopic (exact) mass is 458 g/mol. The lowest BCUT2D eigenvalue weighted by molar-refractivity contribution is -0.125. The van der Waals surface area contributed by atoms with Gasteiger partial charge in [-0.3, -0.25) is 4.79 Å². The molecule has 1 amide bonds. The van der Waals surface area contributed by atoms with Gasteiger partial charge < -0.3 is 10.1 Å². The summed E-state index contributed by atoms with van der Waals surface area (Å²) in [7, 11) is -3.84. The van der Waals surface area contributed by atoms with Crippen molar-refractivity contribution in [2.24, 2.45) is 11.8 Å². The van der Waals surface area contributed by atoms with Crippen LogP contribution in [0.15, 0.2) is 23.1 Å². The Kier molecular flexibility index (Phi) is 8.70. The first-order chi connectivity index (χ1) is 14.1. The predicted molar refractivity (Wildman–Crippen MR) is 116 cm³/mol. The summed E-state index contributed by atoms with van der Waals surface area (Å²) in [5.74, 6) is -0.239. The molecule has 1 aliphatic rings. The molecule has 1 aromatic carbocycles. The van der Waals surface area contributed by atoms with Gasteiger partial charge in [0.2, 0.25) is 10.0 Å². The maximum Gasteiger partial charge on any atom is 0.338 e. The lowest BCUT2D eigenvalue weighted by atomic mass is 9.78. The van der Waals surface area contributed by atoms with Crippen LogP contribution in [0.4, 0.5) is 0 Å². The zero-order valence-corrected chi connectivity index (χ0v) is 19.6. The fourth-order valence-corrected chi connectivity index (χ4v) is 5.74. The number of carbonyl (C=O) groups is 2. The summed E-state index contributed by atoms with van der Waals surface area (Å²) in [6.07, 6.45) is 3.12. The molecule has 0 spiro atoms. The van der Waals surface area contributed by atoms with E-state index in [1.54, 1.807) is 13.8 Å². The number of ether oxygens (including phenoxy) is 1. The summed E-state index contributed by atoms with van der Waals surface area (Å²) in [6, 6.07) is 4.00. The second-order valence-electron chi connectivity index (χ2n) is 7.75. The average molecular weight is 459 g/mol. The maximum atomic E-state index is 12.8. The Morgan fingerprint density at radius 3 is 2.50 bits per heavy atom. The fraction of sp³-hybridized carbons (Fsp3) is 0.619. The molecule has 0 bridgehead atoms. The number of nitrogens with one attached hydrogen (secondary N) is 1. The zero-order valence-electron chi connectivity index (χ0n) is 18.0. The van der Waals surface area contributed by atoms with Crippen LogP contribution in [0.25, 0.3) is 0 Å². The largest absolute Gasteiger partial charge is 0.452 e. The Balaban J connectivity index is 2.04.